The van der Waals surface area contributed by atoms with Gasteiger partial charge in [-0.1, -0.05) is 6.07 Å². The molecular formula is C16H19ClN4O. The van der Waals surface area contributed by atoms with Gasteiger partial charge in [-0.05, 0) is 37.0 Å². The quantitative estimate of drug-likeness (QED) is 0.848. The Hall–Kier alpha value is -1.85. The van der Waals surface area contributed by atoms with Crippen LogP contribution < -0.4 is 16.6 Å². The lowest BCUT2D eigenvalue weighted by Gasteiger charge is -2.13. The molecule has 1 aliphatic rings. The number of anilines is 1. The number of pyridine rings is 2. The molecule has 0 aromatic carbocycles. The molecule has 2 aromatic heterocycles. The first-order chi connectivity index (χ1) is 10.7. The number of halogens is 1. The predicted molar refractivity (Wildman–Crippen MR) is 88.6 cm³/mol. The summed E-state index contributed by atoms with van der Waals surface area (Å²) < 4.78 is 1.56. The molecule has 1 fully saturated rings. The Kier molecular flexibility index (Phi) is 4.45. The molecule has 0 saturated heterocycles. The van der Waals surface area contributed by atoms with Gasteiger partial charge in [0, 0.05) is 30.2 Å². The molecule has 0 unspecified atom stereocenters. The summed E-state index contributed by atoms with van der Waals surface area (Å²) in [7, 11) is 0. The van der Waals surface area contributed by atoms with E-state index in [9.17, 15) is 4.79 Å². The van der Waals surface area contributed by atoms with Crippen molar-refractivity contribution in [3.8, 4) is 5.69 Å². The van der Waals surface area contributed by atoms with Gasteiger partial charge in [-0.2, -0.15) is 0 Å². The van der Waals surface area contributed by atoms with Gasteiger partial charge in [-0.3, -0.25) is 9.36 Å². The molecule has 0 amide bonds. The SMILES string of the molecule is N[C@H]1CC[C@H](Nc2ccc(-n3cc(CCl)ccc3=O)cn2)C1. The van der Waals surface area contributed by atoms with Crippen LogP contribution in [0.2, 0.25) is 0 Å². The van der Waals surface area contributed by atoms with Gasteiger partial charge in [-0.15, -0.1) is 11.6 Å². The lowest BCUT2D eigenvalue weighted by Crippen LogP contribution is -2.21. The van der Waals surface area contributed by atoms with E-state index in [0.717, 1.165) is 36.3 Å². The fraction of sp³-hybridized carbons (Fsp3) is 0.375. The van der Waals surface area contributed by atoms with Crippen LogP contribution >= 0.6 is 11.6 Å². The van der Waals surface area contributed by atoms with Crippen molar-refractivity contribution in [3.63, 3.8) is 0 Å². The normalized spacial score (nSPS) is 21.0. The number of nitrogens with two attached hydrogens (primary N) is 1. The monoisotopic (exact) mass is 318 g/mol. The highest BCUT2D eigenvalue weighted by molar-refractivity contribution is 6.17. The van der Waals surface area contributed by atoms with Gasteiger partial charge in [-0.25, -0.2) is 4.98 Å². The maximum absolute atomic E-state index is 12.0. The lowest BCUT2D eigenvalue weighted by atomic mass is 10.2. The van der Waals surface area contributed by atoms with E-state index < -0.39 is 0 Å². The second kappa shape index (κ2) is 6.50. The van der Waals surface area contributed by atoms with Crippen molar-refractivity contribution < 1.29 is 0 Å². The van der Waals surface area contributed by atoms with Crippen molar-refractivity contribution in [2.45, 2.75) is 37.2 Å². The second-order valence-corrected chi connectivity index (χ2v) is 5.96. The standard InChI is InChI=1S/C16H19ClN4O/c17-8-11-1-6-16(22)21(10-11)14-4-5-15(19-9-14)20-13-3-2-12(18)7-13/h1,4-6,9-10,12-13H,2-3,7-8,18H2,(H,19,20)/t12-,13-/m0/s1. The number of hydrogen-bond acceptors (Lipinski definition) is 4. The maximum Gasteiger partial charge on any atom is 0.255 e. The Morgan fingerprint density at radius 3 is 2.82 bits per heavy atom. The van der Waals surface area contributed by atoms with Crippen molar-refractivity contribution in [2.24, 2.45) is 5.73 Å². The molecule has 3 N–H and O–H groups in total. The predicted octanol–water partition coefficient (Wildman–Crippen LogP) is 2.26. The summed E-state index contributed by atoms with van der Waals surface area (Å²) in [6.45, 7) is 0. The Balaban J connectivity index is 1.78. The first-order valence-electron chi connectivity index (χ1n) is 7.42. The van der Waals surface area contributed by atoms with Crippen LogP contribution in [-0.2, 0) is 5.88 Å². The van der Waals surface area contributed by atoms with Crippen molar-refractivity contribution in [1.82, 2.24) is 9.55 Å². The van der Waals surface area contributed by atoms with Crippen LogP contribution in [0.3, 0.4) is 0 Å². The zero-order valence-electron chi connectivity index (χ0n) is 12.2. The molecule has 1 aliphatic carbocycles. The van der Waals surface area contributed by atoms with Gasteiger partial charge >= 0.3 is 0 Å². The summed E-state index contributed by atoms with van der Waals surface area (Å²) in [6, 6.07) is 7.69. The van der Waals surface area contributed by atoms with Gasteiger partial charge in [0.05, 0.1) is 11.9 Å². The minimum atomic E-state index is -0.0989. The van der Waals surface area contributed by atoms with Crippen LogP contribution in [0.15, 0.2) is 41.5 Å². The molecule has 116 valence electrons. The van der Waals surface area contributed by atoms with Crippen molar-refractivity contribution in [1.29, 1.82) is 0 Å². The molecule has 2 atom stereocenters. The summed E-state index contributed by atoms with van der Waals surface area (Å²) >= 11 is 5.82. The molecule has 6 heteroatoms. The summed E-state index contributed by atoms with van der Waals surface area (Å²) in [5.74, 6) is 1.18. The van der Waals surface area contributed by atoms with E-state index >= 15 is 0 Å². The molecule has 2 heterocycles. The minimum absolute atomic E-state index is 0.0989. The number of nitrogens with zero attached hydrogens (tertiary/aromatic N) is 2. The Morgan fingerprint density at radius 1 is 1.32 bits per heavy atom. The molecule has 2 aromatic rings. The van der Waals surface area contributed by atoms with E-state index in [-0.39, 0.29) is 11.6 Å². The average Bonchev–Trinajstić information content (AvgIpc) is 2.94. The van der Waals surface area contributed by atoms with Crippen LogP contribution in [0, 0.1) is 0 Å². The van der Waals surface area contributed by atoms with Gasteiger partial charge < -0.3 is 11.1 Å². The summed E-state index contributed by atoms with van der Waals surface area (Å²) in [4.78, 5) is 16.3. The molecular weight excluding hydrogens is 300 g/mol. The highest BCUT2D eigenvalue weighted by atomic mass is 35.5. The fourth-order valence-electron chi connectivity index (χ4n) is 2.78. The fourth-order valence-corrected chi connectivity index (χ4v) is 2.94. The Bertz CT molecular complexity index is 698. The molecule has 0 radical (unpaired) electrons. The van der Waals surface area contributed by atoms with Crippen LogP contribution in [0.25, 0.3) is 5.69 Å². The van der Waals surface area contributed by atoms with Gasteiger partial charge in [0.15, 0.2) is 0 Å². The molecule has 0 spiro atoms. The number of aromatic nitrogens is 2. The second-order valence-electron chi connectivity index (χ2n) is 5.70. The molecule has 1 saturated carbocycles. The zero-order chi connectivity index (χ0) is 15.5. The zero-order valence-corrected chi connectivity index (χ0v) is 13.0. The first kappa shape index (κ1) is 15.1. The molecule has 0 bridgehead atoms. The smallest absolute Gasteiger partial charge is 0.255 e. The number of rotatable bonds is 4. The van der Waals surface area contributed by atoms with Gasteiger partial charge in [0.1, 0.15) is 5.82 Å². The van der Waals surface area contributed by atoms with E-state index in [1.165, 1.54) is 6.07 Å². The first-order valence-corrected chi connectivity index (χ1v) is 7.95. The van der Waals surface area contributed by atoms with E-state index in [4.69, 9.17) is 17.3 Å². The largest absolute Gasteiger partial charge is 0.367 e. The van der Waals surface area contributed by atoms with Crippen LogP contribution in [-0.4, -0.2) is 21.6 Å². The van der Waals surface area contributed by atoms with Crippen molar-refractivity contribution in [3.05, 3.63) is 52.6 Å². The highest BCUT2D eigenvalue weighted by Gasteiger charge is 2.21. The summed E-state index contributed by atoms with van der Waals surface area (Å²) in [6.07, 6.45) is 6.53. The number of alkyl halides is 1. The lowest BCUT2D eigenvalue weighted by molar-refractivity contribution is 0.686. The third-order valence-electron chi connectivity index (χ3n) is 3.98. The minimum Gasteiger partial charge on any atom is -0.367 e. The Labute approximate surface area is 134 Å². The van der Waals surface area contributed by atoms with E-state index in [0.29, 0.717) is 11.9 Å². The third kappa shape index (κ3) is 3.31. The molecule has 5 nitrogen and oxygen atoms in total. The van der Waals surface area contributed by atoms with Crippen LogP contribution in [0.1, 0.15) is 24.8 Å². The Morgan fingerprint density at radius 2 is 2.18 bits per heavy atom. The topological polar surface area (TPSA) is 72.9 Å². The van der Waals surface area contributed by atoms with E-state index in [1.807, 2.05) is 12.1 Å². The average molecular weight is 319 g/mol. The van der Waals surface area contributed by atoms with E-state index in [1.54, 1.807) is 23.0 Å². The number of hydrogen-bond donors (Lipinski definition) is 2. The molecule has 3 rings (SSSR count). The van der Waals surface area contributed by atoms with Crippen LogP contribution in [0.4, 0.5) is 5.82 Å². The maximum atomic E-state index is 12.0. The van der Waals surface area contributed by atoms with Gasteiger partial charge in [0.2, 0.25) is 0 Å². The highest BCUT2D eigenvalue weighted by Crippen LogP contribution is 2.21. The van der Waals surface area contributed by atoms with Crippen LogP contribution in [0.5, 0.6) is 0 Å². The van der Waals surface area contributed by atoms with E-state index in [2.05, 4.69) is 10.3 Å². The molecule has 22 heavy (non-hydrogen) atoms. The summed E-state index contributed by atoms with van der Waals surface area (Å²) in [5.41, 5.74) is 7.43. The van der Waals surface area contributed by atoms with Crippen molar-refractivity contribution >= 4 is 17.4 Å². The van der Waals surface area contributed by atoms with Crippen molar-refractivity contribution in [2.75, 3.05) is 5.32 Å². The van der Waals surface area contributed by atoms with Gasteiger partial charge in [0.25, 0.3) is 5.56 Å². The summed E-state index contributed by atoms with van der Waals surface area (Å²) in [5, 5.41) is 3.39. The number of nitrogens with one attached hydrogen (secondary N) is 1. The third-order valence-corrected chi connectivity index (χ3v) is 4.29. The molecule has 0 aliphatic heterocycles.